The predicted molar refractivity (Wildman–Crippen MR) is 138 cm³/mol. The van der Waals surface area contributed by atoms with Gasteiger partial charge in [-0.25, -0.2) is 4.98 Å². The third-order valence-corrected chi connectivity index (χ3v) is 6.72. The topological polar surface area (TPSA) is 65.4 Å². The van der Waals surface area contributed by atoms with Crippen LogP contribution in [-0.2, 0) is 18.2 Å². The minimum Gasteiger partial charge on any atom is -0.386 e. The van der Waals surface area contributed by atoms with Crippen LogP contribution in [0.2, 0.25) is 0 Å². The number of aromatic nitrogens is 3. The second-order valence-electron chi connectivity index (χ2n) is 9.80. The largest absolute Gasteiger partial charge is 0.416 e. The number of nitrogens with zero attached hydrogens (tertiary/aromatic N) is 5. The van der Waals surface area contributed by atoms with Gasteiger partial charge in [0.15, 0.2) is 5.82 Å². The minimum atomic E-state index is -4.59. The lowest BCUT2D eigenvalue weighted by atomic mass is 9.94. The van der Waals surface area contributed by atoms with E-state index in [2.05, 4.69) is 38.3 Å². The first-order valence-electron chi connectivity index (χ1n) is 12.2. The van der Waals surface area contributed by atoms with Gasteiger partial charge in [-0.2, -0.15) is 18.3 Å². The van der Waals surface area contributed by atoms with Crippen molar-refractivity contribution in [3.05, 3.63) is 89.2 Å². The molecule has 0 amide bonds. The van der Waals surface area contributed by atoms with Crippen LogP contribution >= 0.6 is 0 Å². The highest BCUT2D eigenvalue weighted by Gasteiger charge is 2.38. The quantitative estimate of drug-likeness (QED) is 0.401. The third-order valence-electron chi connectivity index (χ3n) is 6.72. The van der Waals surface area contributed by atoms with Crippen LogP contribution in [0, 0.1) is 0 Å². The molecule has 2 aromatic heterocycles. The molecule has 0 spiro atoms. The molecule has 0 atom stereocenters. The predicted octanol–water partition coefficient (Wildman–Crippen LogP) is 5.19. The third kappa shape index (κ3) is 5.22. The first kappa shape index (κ1) is 25.0. The van der Waals surface area contributed by atoms with Crippen LogP contribution in [0.3, 0.4) is 0 Å². The van der Waals surface area contributed by atoms with Crippen molar-refractivity contribution in [1.29, 1.82) is 0 Å². The van der Waals surface area contributed by atoms with Crippen LogP contribution in [0.1, 0.15) is 36.2 Å². The van der Waals surface area contributed by atoms with Crippen molar-refractivity contribution in [2.75, 3.05) is 36.0 Å². The van der Waals surface area contributed by atoms with E-state index < -0.39 is 17.3 Å². The number of hydrogen-bond donors (Lipinski definition) is 1. The number of fused-ring (bicyclic) bond motifs is 1. The number of alkyl halides is 3. The smallest absolute Gasteiger partial charge is 0.386 e. The van der Waals surface area contributed by atoms with E-state index in [1.807, 2.05) is 41.3 Å². The summed E-state index contributed by atoms with van der Waals surface area (Å²) in [5.41, 5.74) is -0.691. The highest BCUT2D eigenvalue weighted by molar-refractivity contribution is 5.93. The molecule has 1 aliphatic rings. The summed E-state index contributed by atoms with van der Waals surface area (Å²) in [5.74, 6) is 1.02. The molecule has 0 bridgehead atoms. The van der Waals surface area contributed by atoms with Crippen molar-refractivity contribution >= 4 is 22.4 Å². The maximum absolute atomic E-state index is 13.7. The van der Waals surface area contributed by atoms with Crippen LogP contribution in [-0.4, -0.2) is 46.5 Å². The van der Waals surface area contributed by atoms with E-state index in [4.69, 9.17) is 0 Å². The highest BCUT2D eigenvalue weighted by atomic mass is 19.4. The molecule has 1 fully saturated rings. The maximum Gasteiger partial charge on any atom is 0.416 e. The van der Waals surface area contributed by atoms with E-state index in [1.54, 1.807) is 0 Å². The Balaban J connectivity index is 1.38. The summed E-state index contributed by atoms with van der Waals surface area (Å²) in [7, 11) is 0. The van der Waals surface area contributed by atoms with Crippen molar-refractivity contribution < 1.29 is 18.3 Å². The van der Waals surface area contributed by atoms with Gasteiger partial charge in [0.2, 0.25) is 0 Å². The van der Waals surface area contributed by atoms with Gasteiger partial charge in [0.1, 0.15) is 5.82 Å². The van der Waals surface area contributed by atoms with E-state index in [1.165, 1.54) is 13.8 Å². The van der Waals surface area contributed by atoms with Gasteiger partial charge >= 0.3 is 6.18 Å². The van der Waals surface area contributed by atoms with Crippen molar-refractivity contribution in [3.63, 3.8) is 0 Å². The highest BCUT2D eigenvalue weighted by Crippen LogP contribution is 2.38. The molecule has 3 heterocycles. The summed E-state index contributed by atoms with van der Waals surface area (Å²) >= 11 is 0. The minimum absolute atomic E-state index is 0.236. The molecule has 5 rings (SSSR count). The standard InChI is InChI=1S/C28H28F3N5O/c1-27(2,37)23-18-32-25(17-22(23)28(29,30)31)35-12-14-36(15-13-35)26-21-11-7-6-10-20(21)24(33-34-26)16-19-8-4-3-5-9-19/h3-11,17-18,37H,12-16H2,1-2H3. The van der Waals surface area contributed by atoms with E-state index in [0.717, 1.165) is 40.1 Å². The zero-order valence-electron chi connectivity index (χ0n) is 20.7. The fraction of sp³-hybridized carbons (Fsp3) is 0.321. The van der Waals surface area contributed by atoms with Gasteiger partial charge < -0.3 is 14.9 Å². The monoisotopic (exact) mass is 507 g/mol. The molecule has 9 heteroatoms. The van der Waals surface area contributed by atoms with E-state index >= 15 is 0 Å². The van der Waals surface area contributed by atoms with Crippen molar-refractivity contribution in [1.82, 2.24) is 15.2 Å². The number of benzene rings is 2. The molecular formula is C28H28F3N5O. The number of halogens is 3. The van der Waals surface area contributed by atoms with Gasteiger partial charge in [-0.1, -0.05) is 54.6 Å². The normalized spacial score (nSPS) is 14.9. The Morgan fingerprint density at radius 3 is 2.08 bits per heavy atom. The van der Waals surface area contributed by atoms with Crippen LogP contribution in [0.25, 0.3) is 10.8 Å². The second kappa shape index (κ2) is 9.63. The van der Waals surface area contributed by atoms with Gasteiger partial charge in [-0.3, -0.25) is 0 Å². The van der Waals surface area contributed by atoms with Gasteiger partial charge in [0.05, 0.1) is 16.9 Å². The summed E-state index contributed by atoms with van der Waals surface area (Å²) in [5, 5.41) is 21.4. The average molecular weight is 508 g/mol. The molecule has 1 saturated heterocycles. The van der Waals surface area contributed by atoms with Gasteiger partial charge in [-0.15, -0.1) is 5.10 Å². The average Bonchev–Trinajstić information content (AvgIpc) is 2.88. The molecule has 2 aromatic carbocycles. The fourth-order valence-corrected chi connectivity index (χ4v) is 4.79. The number of rotatable bonds is 5. The van der Waals surface area contributed by atoms with Crippen molar-refractivity contribution in [2.45, 2.75) is 32.0 Å². The van der Waals surface area contributed by atoms with Gasteiger partial charge in [0, 0.05) is 55.1 Å². The van der Waals surface area contributed by atoms with E-state index in [0.29, 0.717) is 32.6 Å². The lowest BCUT2D eigenvalue weighted by Gasteiger charge is -2.36. The molecule has 6 nitrogen and oxygen atoms in total. The Bertz CT molecular complexity index is 1390. The molecule has 1 aliphatic heterocycles. The lowest BCUT2D eigenvalue weighted by molar-refractivity contribution is -0.140. The number of hydrogen-bond acceptors (Lipinski definition) is 6. The van der Waals surface area contributed by atoms with Crippen molar-refractivity contribution in [2.24, 2.45) is 0 Å². The summed E-state index contributed by atoms with van der Waals surface area (Å²) in [6.45, 7) is 4.74. The molecule has 0 unspecified atom stereocenters. The Kier molecular flexibility index (Phi) is 6.49. The zero-order chi connectivity index (χ0) is 26.2. The summed E-state index contributed by atoms with van der Waals surface area (Å²) in [6.07, 6.45) is -2.78. The molecule has 0 aliphatic carbocycles. The van der Waals surface area contributed by atoms with E-state index in [9.17, 15) is 18.3 Å². The zero-order valence-corrected chi connectivity index (χ0v) is 20.7. The fourth-order valence-electron chi connectivity index (χ4n) is 4.79. The van der Waals surface area contributed by atoms with Crippen LogP contribution < -0.4 is 9.80 Å². The van der Waals surface area contributed by atoms with Crippen LogP contribution in [0.5, 0.6) is 0 Å². The Morgan fingerprint density at radius 1 is 0.811 bits per heavy atom. The molecule has 192 valence electrons. The molecule has 1 N–H and O–H groups in total. The molecule has 4 aromatic rings. The molecular weight excluding hydrogens is 479 g/mol. The van der Waals surface area contributed by atoms with E-state index in [-0.39, 0.29) is 11.4 Å². The Hall–Kier alpha value is -3.72. The van der Waals surface area contributed by atoms with Crippen LogP contribution in [0.4, 0.5) is 24.8 Å². The molecule has 37 heavy (non-hydrogen) atoms. The lowest BCUT2D eigenvalue weighted by Crippen LogP contribution is -2.47. The van der Waals surface area contributed by atoms with Gasteiger partial charge in [-0.05, 0) is 25.5 Å². The van der Waals surface area contributed by atoms with Crippen LogP contribution in [0.15, 0.2) is 66.9 Å². The Labute approximate surface area is 213 Å². The molecule has 0 saturated carbocycles. The SMILES string of the molecule is CC(C)(O)c1cnc(N2CCN(c3nnc(Cc4ccccc4)c4ccccc34)CC2)cc1C(F)(F)F. The van der Waals surface area contributed by atoms with Gasteiger partial charge in [0.25, 0.3) is 0 Å². The number of piperazine rings is 1. The maximum atomic E-state index is 13.7. The number of pyridine rings is 1. The summed E-state index contributed by atoms with van der Waals surface area (Å²) in [6, 6.07) is 19.2. The first-order chi connectivity index (χ1) is 17.6. The molecule has 0 radical (unpaired) electrons. The second-order valence-corrected chi connectivity index (χ2v) is 9.80. The number of anilines is 2. The summed E-state index contributed by atoms with van der Waals surface area (Å²) < 4.78 is 41.2. The van der Waals surface area contributed by atoms with Crippen molar-refractivity contribution in [3.8, 4) is 0 Å². The number of aliphatic hydroxyl groups is 1. The Morgan fingerprint density at radius 2 is 1.43 bits per heavy atom. The first-order valence-corrected chi connectivity index (χ1v) is 12.2. The summed E-state index contributed by atoms with van der Waals surface area (Å²) in [4.78, 5) is 8.21.